The first kappa shape index (κ1) is 22.5. The number of allylic oxidation sites excluding steroid dienone is 2. The van der Waals surface area contributed by atoms with Gasteiger partial charge in [0, 0.05) is 36.8 Å². The molecule has 170 valence electrons. The molecule has 3 N–H and O–H groups in total. The van der Waals surface area contributed by atoms with E-state index in [0.717, 1.165) is 43.6 Å². The van der Waals surface area contributed by atoms with Gasteiger partial charge in [-0.3, -0.25) is 18.7 Å². The molecule has 0 aliphatic carbocycles. The molecule has 4 heterocycles. The first-order valence-electron chi connectivity index (χ1n) is 10.9. The molecule has 0 spiro atoms. The van der Waals surface area contributed by atoms with Gasteiger partial charge in [-0.2, -0.15) is 0 Å². The van der Waals surface area contributed by atoms with Crippen LogP contribution in [-0.4, -0.2) is 51.2 Å². The van der Waals surface area contributed by atoms with Crippen LogP contribution in [0.1, 0.15) is 25.8 Å². The second kappa shape index (κ2) is 9.44. The average molecular weight is 457 g/mol. The zero-order chi connectivity index (χ0) is 22.8. The fraction of sp³-hybridized carbons (Fsp3) is 0.435. The number of halogens is 1. The minimum Gasteiger partial charge on any atom is -0.404 e. The minimum atomic E-state index is -0.154. The number of hydrogen-bond acceptors (Lipinski definition) is 6. The predicted molar refractivity (Wildman–Crippen MR) is 128 cm³/mol. The van der Waals surface area contributed by atoms with Gasteiger partial charge in [0.25, 0.3) is 11.1 Å². The zero-order valence-corrected chi connectivity index (χ0v) is 19.0. The monoisotopic (exact) mass is 456 g/mol. The van der Waals surface area contributed by atoms with Gasteiger partial charge in [-0.25, -0.2) is 4.98 Å². The normalized spacial score (nSPS) is 20.2. The second-order valence-corrected chi connectivity index (χ2v) is 8.99. The number of nitrogens with one attached hydrogen (secondary N) is 1. The quantitative estimate of drug-likeness (QED) is 0.615. The Labute approximate surface area is 191 Å². The Kier molecular flexibility index (Phi) is 6.64. The van der Waals surface area contributed by atoms with Gasteiger partial charge in [0.15, 0.2) is 0 Å². The van der Waals surface area contributed by atoms with Gasteiger partial charge in [-0.15, -0.1) is 0 Å². The van der Waals surface area contributed by atoms with E-state index in [1.54, 1.807) is 21.4 Å². The number of piperidine rings is 1. The Morgan fingerprint density at radius 3 is 2.75 bits per heavy atom. The molecule has 0 bridgehead atoms. The maximum Gasteiger partial charge on any atom is 0.270 e. The van der Waals surface area contributed by atoms with E-state index in [4.69, 9.17) is 17.3 Å². The molecule has 0 unspecified atom stereocenters. The van der Waals surface area contributed by atoms with Crippen LogP contribution < -0.4 is 22.2 Å². The number of nitrogens with zero attached hydrogens (tertiary/aromatic N) is 4. The first-order chi connectivity index (χ1) is 15.4. The summed E-state index contributed by atoms with van der Waals surface area (Å²) < 4.78 is 3.41. The Bertz CT molecular complexity index is 1200. The van der Waals surface area contributed by atoms with Crippen LogP contribution in [0, 0.1) is 0 Å². The Hall–Kier alpha value is -2.68. The molecule has 4 rings (SSSR count). The number of pyridine rings is 1. The molecular weight excluding hydrogens is 428 g/mol. The Morgan fingerprint density at radius 2 is 2.06 bits per heavy atom. The molecule has 0 amide bonds. The van der Waals surface area contributed by atoms with Crippen LogP contribution in [0.15, 0.2) is 63.0 Å². The summed E-state index contributed by atoms with van der Waals surface area (Å²) >= 11 is 6.18. The van der Waals surface area contributed by atoms with Crippen molar-refractivity contribution >= 4 is 22.8 Å². The second-order valence-electron chi connectivity index (χ2n) is 8.58. The molecule has 0 aromatic carbocycles. The molecule has 2 aliphatic rings. The van der Waals surface area contributed by atoms with E-state index in [1.165, 1.54) is 12.3 Å². The summed E-state index contributed by atoms with van der Waals surface area (Å²) in [6.07, 6.45) is 6.76. The molecule has 1 atom stereocenters. The van der Waals surface area contributed by atoms with Crippen LogP contribution in [0.4, 0.5) is 0 Å². The van der Waals surface area contributed by atoms with E-state index in [0.29, 0.717) is 35.3 Å². The highest BCUT2D eigenvalue weighted by Gasteiger charge is 2.29. The average Bonchev–Trinajstić information content (AvgIpc) is 3.17. The fourth-order valence-electron chi connectivity index (χ4n) is 4.49. The first-order valence-corrected chi connectivity index (χ1v) is 11.3. The van der Waals surface area contributed by atoms with Gasteiger partial charge >= 0.3 is 0 Å². The summed E-state index contributed by atoms with van der Waals surface area (Å²) in [5.41, 5.74) is 8.54. The van der Waals surface area contributed by atoms with Crippen LogP contribution in [0.5, 0.6) is 0 Å². The highest BCUT2D eigenvalue weighted by atomic mass is 35.5. The number of likely N-dealkylation sites (tertiary alicyclic amines) is 1. The van der Waals surface area contributed by atoms with Crippen molar-refractivity contribution in [2.24, 2.45) is 5.73 Å². The smallest absolute Gasteiger partial charge is 0.270 e. The summed E-state index contributed by atoms with van der Waals surface area (Å²) in [7, 11) is 0. The summed E-state index contributed by atoms with van der Waals surface area (Å²) in [5.74, 6) is 0. The lowest BCUT2D eigenvalue weighted by Gasteiger charge is -2.34. The standard InChI is InChI=1S/C23H29ClN6O2/c1-15(2)19(24)9-16(10-25)11-26-17-5-7-28(8-6-17)13-18-14-29-21(31)4-3-20-23(29)30(18)22(32)12-27-20/h3-4,9-10,12,17-18,26H,1,5-8,11,13-14,25H2,2H3/b16-10+,19-9+/t18-/m1/s1. The Morgan fingerprint density at radius 1 is 1.31 bits per heavy atom. The fourth-order valence-corrected chi connectivity index (χ4v) is 4.63. The Balaban J connectivity index is 1.35. The molecule has 2 aliphatic heterocycles. The molecule has 8 nitrogen and oxygen atoms in total. The third-order valence-electron chi connectivity index (χ3n) is 6.26. The van der Waals surface area contributed by atoms with E-state index in [-0.39, 0.29) is 17.2 Å². The third-order valence-corrected chi connectivity index (χ3v) is 6.69. The summed E-state index contributed by atoms with van der Waals surface area (Å²) in [4.78, 5) is 31.4. The van der Waals surface area contributed by atoms with E-state index in [1.807, 2.05) is 13.0 Å². The van der Waals surface area contributed by atoms with Crippen molar-refractivity contribution < 1.29 is 0 Å². The molecule has 9 heteroatoms. The lowest BCUT2D eigenvalue weighted by atomic mass is 10.0. The largest absolute Gasteiger partial charge is 0.404 e. The zero-order valence-electron chi connectivity index (χ0n) is 18.3. The number of aromatic nitrogens is 3. The molecule has 1 saturated heterocycles. The summed E-state index contributed by atoms with van der Waals surface area (Å²) in [6.45, 7) is 9.44. The lowest BCUT2D eigenvalue weighted by molar-refractivity contribution is 0.173. The molecular formula is C23H29ClN6O2. The molecule has 0 saturated carbocycles. The van der Waals surface area contributed by atoms with Crippen molar-refractivity contribution in [3.8, 4) is 0 Å². The minimum absolute atomic E-state index is 0.0613. The van der Waals surface area contributed by atoms with Crippen molar-refractivity contribution in [1.29, 1.82) is 0 Å². The summed E-state index contributed by atoms with van der Waals surface area (Å²) in [6, 6.07) is 3.53. The van der Waals surface area contributed by atoms with E-state index in [2.05, 4.69) is 21.8 Å². The van der Waals surface area contributed by atoms with Crippen LogP contribution >= 0.6 is 11.6 Å². The highest BCUT2D eigenvalue weighted by Crippen LogP contribution is 2.24. The van der Waals surface area contributed by atoms with Crippen molar-refractivity contribution in [3.05, 3.63) is 74.1 Å². The van der Waals surface area contributed by atoms with Crippen LogP contribution in [0.2, 0.25) is 0 Å². The van der Waals surface area contributed by atoms with Crippen LogP contribution in [0.3, 0.4) is 0 Å². The number of hydrogen-bond donors (Lipinski definition) is 2. The molecule has 1 fully saturated rings. The number of nitrogens with two attached hydrogens (primary N) is 1. The topological polar surface area (TPSA) is 98.2 Å². The van der Waals surface area contributed by atoms with E-state index >= 15 is 0 Å². The molecule has 0 radical (unpaired) electrons. The molecule has 2 aromatic rings. The van der Waals surface area contributed by atoms with Gasteiger partial charge in [0.2, 0.25) is 0 Å². The van der Waals surface area contributed by atoms with E-state index < -0.39 is 0 Å². The van der Waals surface area contributed by atoms with Crippen molar-refractivity contribution in [2.45, 2.75) is 38.4 Å². The predicted octanol–water partition coefficient (Wildman–Crippen LogP) is 1.71. The van der Waals surface area contributed by atoms with Crippen molar-refractivity contribution in [1.82, 2.24) is 24.3 Å². The number of rotatable bonds is 7. The molecule has 32 heavy (non-hydrogen) atoms. The maximum absolute atomic E-state index is 12.5. The van der Waals surface area contributed by atoms with Crippen molar-refractivity contribution in [2.75, 3.05) is 26.2 Å². The van der Waals surface area contributed by atoms with Crippen LogP contribution in [-0.2, 0) is 6.54 Å². The van der Waals surface area contributed by atoms with E-state index in [9.17, 15) is 9.59 Å². The lowest BCUT2D eigenvalue weighted by Crippen LogP contribution is -2.45. The maximum atomic E-state index is 12.5. The van der Waals surface area contributed by atoms with Gasteiger partial charge < -0.3 is 16.0 Å². The molecule has 2 aromatic heterocycles. The van der Waals surface area contributed by atoms with Crippen LogP contribution in [0.25, 0.3) is 11.2 Å². The van der Waals surface area contributed by atoms with Gasteiger partial charge in [0.05, 0.1) is 12.2 Å². The van der Waals surface area contributed by atoms with Gasteiger partial charge in [-0.1, -0.05) is 18.2 Å². The van der Waals surface area contributed by atoms with Gasteiger partial charge in [0.1, 0.15) is 11.2 Å². The SMILES string of the molecule is C=C(C)/C(Cl)=C\C(=C/N)CNC1CCN(C[C@@H]2Cn3c(=O)ccc4ncc(=O)n2c43)CC1. The van der Waals surface area contributed by atoms with Crippen molar-refractivity contribution in [3.63, 3.8) is 0 Å². The third kappa shape index (κ3) is 4.57. The van der Waals surface area contributed by atoms with Gasteiger partial charge in [-0.05, 0) is 62.3 Å². The highest BCUT2D eigenvalue weighted by molar-refractivity contribution is 6.32. The summed E-state index contributed by atoms with van der Waals surface area (Å²) in [5, 5.41) is 4.17.